The van der Waals surface area contributed by atoms with E-state index in [9.17, 15) is 4.79 Å². The minimum absolute atomic E-state index is 0.0672. The molecule has 0 amide bonds. The quantitative estimate of drug-likeness (QED) is 0.396. The second kappa shape index (κ2) is 4.18. The largest absolute Gasteiger partial charge is 0.466 e. The average Bonchev–Trinajstić information content (AvgIpc) is 2.78. The molecule has 1 fully saturated rings. The van der Waals surface area contributed by atoms with E-state index in [0.29, 0.717) is 6.61 Å². The topological polar surface area (TPSA) is 26.3 Å². The third kappa shape index (κ3) is 3.55. The lowest BCUT2D eigenvalue weighted by atomic mass is 10.3. The van der Waals surface area contributed by atoms with Gasteiger partial charge in [-0.1, -0.05) is 19.6 Å². The predicted molar refractivity (Wildman–Crippen MR) is 59.4 cm³/mol. The van der Waals surface area contributed by atoms with Gasteiger partial charge in [0.05, 0.1) is 12.5 Å². The molecule has 0 heterocycles. The van der Waals surface area contributed by atoms with E-state index < -0.39 is 8.07 Å². The number of rotatable bonds is 2. The second-order valence-corrected chi connectivity index (χ2v) is 9.47. The summed E-state index contributed by atoms with van der Waals surface area (Å²) < 4.78 is 4.93. The van der Waals surface area contributed by atoms with Gasteiger partial charge in [0.25, 0.3) is 0 Å². The van der Waals surface area contributed by atoms with Gasteiger partial charge in [-0.25, -0.2) is 0 Å². The Kier molecular flexibility index (Phi) is 3.38. The molecule has 1 saturated carbocycles. The Labute approximate surface area is 87.0 Å². The van der Waals surface area contributed by atoms with E-state index in [1.807, 2.05) is 6.92 Å². The van der Waals surface area contributed by atoms with Crippen LogP contribution in [0.1, 0.15) is 13.3 Å². The molecule has 0 aromatic heterocycles. The molecule has 14 heavy (non-hydrogen) atoms. The molecule has 1 aliphatic rings. The first-order chi connectivity index (χ1) is 6.44. The summed E-state index contributed by atoms with van der Waals surface area (Å²) in [5.74, 6) is 3.48. The first-order valence-corrected chi connectivity index (χ1v) is 8.63. The van der Waals surface area contributed by atoms with Gasteiger partial charge in [0.1, 0.15) is 8.07 Å². The van der Waals surface area contributed by atoms with Crippen LogP contribution in [0.15, 0.2) is 0 Å². The highest BCUT2D eigenvalue weighted by Crippen LogP contribution is 2.38. The second-order valence-electron chi connectivity index (χ2n) is 4.72. The van der Waals surface area contributed by atoms with Gasteiger partial charge >= 0.3 is 5.97 Å². The highest BCUT2D eigenvalue weighted by Gasteiger charge is 2.43. The van der Waals surface area contributed by atoms with Gasteiger partial charge in [-0.2, -0.15) is 0 Å². The predicted octanol–water partition coefficient (Wildman–Crippen LogP) is 2.07. The lowest BCUT2D eigenvalue weighted by molar-refractivity contribution is -0.144. The van der Waals surface area contributed by atoms with Crippen LogP contribution in [0, 0.1) is 23.3 Å². The van der Waals surface area contributed by atoms with E-state index >= 15 is 0 Å². The molecular weight excluding hydrogens is 192 g/mol. The summed E-state index contributed by atoms with van der Waals surface area (Å²) in [7, 11) is -1.28. The van der Waals surface area contributed by atoms with Crippen molar-refractivity contribution in [3.8, 4) is 11.5 Å². The van der Waals surface area contributed by atoms with E-state index in [-0.39, 0.29) is 17.8 Å². The van der Waals surface area contributed by atoms with Crippen molar-refractivity contribution in [2.45, 2.75) is 33.0 Å². The van der Waals surface area contributed by atoms with Gasteiger partial charge in [0.15, 0.2) is 0 Å². The normalized spacial score (nSPS) is 24.9. The zero-order chi connectivity index (χ0) is 10.8. The molecule has 0 bridgehead atoms. The molecular formula is C11H18O2Si. The summed E-state index contributed by atoms with van der Waals surface area (Å²) in [6.07, 6.45) is 0.899. The SMILES string of the molecule is CCOC(=O)C1CC1C#C[Si](C)(C)C. The molecule has 0 aromatic carbocycles. The lowest BCUT2D eigenvalue weighted by Gasteiger charge is -2.03. The minimum atomic E-state index is -1.28. The highest BCUT2D eigenvalue weighted by atomic mass is 28.3. The van der Waals surface area contributed by atoms with E-state index in [4.69, 9.17) is 4.74 Å². The maximum atomic E-state index is 11.3. The Morgan fingerprint density at radius 1 is 1.50 bits per heavy atom. The summed E-state index contributed by atoms with van der Waals surface area (Å²) in [4.78, 5) is 11.3. The minimum Gasteiger partial charge on any atom is -0.466 e. The van der Waals surface area contributed by atoms with Crippen LogP contribution in [-0.2, 0) is 9.53 Å². The number of carbonyl (C=O) groups excluding carboxylic acids is 1. The van der Waals surface area contributed by atoms with Crippen molar-refractivity contribution in [3.05, 3.63) is 0 Å². The Morgan fingerprint density at radius 2 is 2.14 bits per heavy atom. The van der Waals surface area contributed by atoms with E-state index in [2.05, 4.69) is 31.1 Å². The molecule has 0 aromatic rings. The number of ether oxygens (including phenoxy) is 1. The Morgan fingerprint density at radius 3 is 2.64 bits per heavy atom. The fourth-order valence-corrected chi connectivity index (χ4v) is 1.79. The van der Waals surface area contributed by atoms with Gasteiger partial charge in [-0.15, -0.1) is 11.5 Å². The summed E-state index contributed by atoms with van der Waals surface area (Å²) in [5, 5.41) is 0. The van der Waals surface area contributed by atoms with Gasteiger partial charge in [-0.05, 0) is 13.3 Å². The van der Waals surface area contributed by atoms with Crippen molar-refractivity contribution in [1.82, 2.24) is 0 Å². The van der Waals surface area contributed by atoms with Crippen LogP contribution in [0.2, 0.25) is 19.6 Å². The molecule has 2 unspecified atom stereocenters. The standard InChI is InChI=1S/C11H18O2Si/c1-5-13-11(12)10-8-9(10)6-7-14(2,3)4/h9-10H,5,8H2,1-4H3. The smallest absolute Gasteiger partial charge is 0.310 e. The summed E-state index contributed by atoms with van der Waals surface area (Å²) >= 11 is 0. The van der Waals surface area contributed by atoms with Crippen LogP contribution in [0.5, 0.6) is 0 Å². The van der Waals surface area contributed by atoms with Crippen LogP contribution >= 0.6 is 0 Å². The van der Waals surface area contributed by atoms with E-state index in [1.54, 1.807) is 0 Å². The zero-order valence-electron chi connectivity index (χ0n) is 9.39. The van der Waals surface area contributed by atoms with Crippen LogP contribution in [0.4, 0.5) is 0 Å². The molecule has 0 spiro atoms. The molecule has 78 valence electrons. The molecule has 0 saturated heterocycles. The third-order valence-electron chi connectivity index (χ3n) is 2.01. The maximum Gasteiger partial charge on any atom is 0.310 e. The Bertz CT molecular complexity index is 280. The van der Waals surface area contributed by atoms with Gasteiger partial charge in [0, 0.05) is 5.92 Å². The molecule has 1 aliphatic carbocycles. The van der Waals surface area contributed by atoms with Crippen molar-refractivity contribution >= 4 is 14.0 Å². The summed E-state index contributed by atoms with van der Waals surface area (Å²) in [5.41, 5.74) is 3.29. The number of hydrogen-bond acceptors (Lipinski definition) is 2. The van der Waals surface area contributed by atoms with Crippen LogP contribution in [0.25, 0.3) is 0 Å². The molecule has 2 nitrogen and oxygen atoms in total. The van der Waals surface area contributed by atoms with Crippen molar-refractivity contribution in [3.63, 3.8) is 0 Å². The van der Waals surface area contributed by atoms with Crippen molar-refractivity contribution in [1.29, 1.82) is 0 Å². The molecule has 3 heteroatoms. The first-order valence-electron chi connectivity index (χ1n) is 5.13. The van der Waals surface area contributed by atoms with E-state index in [0.717, 1.165) is 6.42 Å². The third-order valence-corrected chi connectivity index (χ3v) is 2.91. The van der Waals surface area contributed by atoms with Gasteiger partial charge < -0.3 is 4.74 Å². The van der Waals surface area contributed by atoms with Crippen molar-refractivity contribution in [2.75, 3.05) is 6.61 Å². The molecule has 0 radical (unpaired) electrons. The van der Waals surface area contributed by atoms with Crippen molar-refractivity contribution in [2.24, 2.45) is 11.8 Å². The van der Waals surface area contributed by atoms with Crippen LogP contribution in [-0.4, -0.2) is 20.7 Å². The summed E-state index contributed by atoms with van der Waals surface area (Å²) in [6, 6.07) is 0. The zero-order valence-corrected chi connectivity index (χ0v) is 10.4. The molecule has 2 atom stereocenters. The molecule has 0 N–H and O–H groups in total. The Hall–Kier alpha value is -0.753. The lowest BCUT2D eigenvalue weighted by Crippen LogP contribution is -2.16. The van der Waals surface area contributed by atoms with Crippen LogP contribution in [0.3, 0.4) is 0 Å². The average molecular weight is 210 g/mol. The summed E-state index contributed by atoms with van der Waals surface area (Å²) in [6.45, 7) is 8.94. The van der Waals surface area contributed by atoms with Gasteiger partial charge in [0.2, 0.25) is 0 Å². The monoisotopic (exact) mass is 210 g/mol. The molecule has 0 aliphatic heterocycles. The number of hydrogen-bond donors (Lipinski definition) is 0. The van der Waals surface area contributed by atoms with E-state index in [1.165, 1.54) is 0 Å². The number of carbonyl (C=O) groups is 1. The van der Waals surface area contributed by atoms with Crippen molar-refractivity contribution < 1.29 is 9.53 Å². The Balaban J connectivity index is 2.39. The van der Waals surface area contributed by atoms with Crippen LogP contribution < -0.4 is 0 Å². The fraction of sp³-hybridized carbons (Fsp3) is 0.727. The van der Waals surface area contributed by atoms with Gasteiger partial charge in [-0.3, -0.25) is 4.79 Å². The highest BCUT2D eigenvalue weighted by molar-refractivity contribution is 6.83. The maximum absolute atomic E-state index is 11.3. The fourth-order valence-electron chi connectivity index (χ4n) is 1.17. The number of esters is 1. The first kappa shape index (κ1) is 11.3. The molecule has 1 rings (SSSR count).